The third-order valence-corrected chi connectivity index (χ3v) is 4.32. The molecule has 0 radical (unpaired) electrons. The molecule has 8 heteroatoms. The van der Waals surface area contributed by atoms with Gasteiger partial charge in [0, 0.05) is 11.4 Å². The molecule has 0 N–H and O–H groups in total. The highest BCUT2D eigenvalue weighted by molar-refractivity contribution is 7.78. The molecule has 23 heavy (non-hydrogen) atoms. The van der Waals surface area contributed by atoms with Gasteiger partial charge >= 0.3 is 5.69 Å². The van der Waals surface area contributed by atoms with Gasteiger partial charge in [-0.15, -0.1) is 0 Å². The number of nitrogens with zero attached hydrogens (tertiary/aromatic N) is 4. The van der Waals surface area contributed by atoms with Gasteiger partial charge in [-0.2, -0.15) is 0 Å². The third kappa shape index (κ3) is 3.11. The second-order valence-corrected chi connectivity index (χ2v) is 6.36. The molecule has 0 fully saturated rings. The van der Waals surface area contributed by atoms with Crippen molar-refractivity contribution in [2.75, 3.05) is 0 Å². The zero-order valence-corrected chi connectivity index (χ0v) is 14.7. The Balaban J connectivity index is 2.19. The number of rotatable bonds is 4. The molecule has 0 spiro atoms. The second-order valence-electron chi connectivity index (χ2n) is 5.16. The monoisotopic (exact) mass is 368 g/mol. The standard InChI is InChI=1S/C15H14Cl2N4OS/c1-2-4-11-18-13(17)12-14(19-11)20(15(22)21(12)23)8-9-5-3-6-10(16)7-9/h3,5-7,23H,2,4,8H2,1H3. The molecule has 0 unspecified atom stereocenters. The van der Waals surface area contributed by atoms with E-state index in [4.69, 9.17) is 23.2 Å². The van der Waals surface area contributed by atoms with Gasteiger partial charge in [0.2, 0.25) is 0 Å². The van der Waals surface area contributed by atoms with E-state index in [-0.39, 0.29) is 10.8 Å². The van der Waals surface area contributed by atoms with Crippen LogP contribution in [0.2, 0.25) is 10.2 Å². The summed E-state index contributed by atoms with van der Waals surface area (Å²) in [5, 5.41) is 0.847. The van der Waals surface area contributed by atoms with Gasteiger partial charge in [0.1, 0.15) is 11.3 Å². The fraction of sp³-hybridized carbons (Fsp3) is 0.267. The molecule has 120 valence electrons. The van der Waals surface area contributed by atoms with Crippen molar-refractivity contribution in [3.05, 3.63) is 56.3 Å². The molecule has 0 saturated carbocycles. The number of aryl methyl sites for hydroxylation is 1. The lowest BCUT2D eigenvalue weighted by Gasteiger charge is -2.05. The molecule has 2 aromatic heterocycles. The molecule has 2 heterocycles. The summed E-state index contributed by atoms with van der Waals surface area (Å²) < 4.78 is 2.71. The molecule has 0 bridgehead atoms. The lowest BCUT2D eigenvalue weighted by molar-refractivity contribution is 0.763. The molecule has 0 aliphatic rings. The van der Waals surface area contributed by atoms with Crippen molar-refractivity contribution in [2.24, 2.45) is 0 Å². The fourth-order valence-corrected chi connectivity index (χ4v) is 3.26. The van der Waals surface area contributed by atoms with E-state index in [2.05, 4.69) is 22.8 Å². The topological polar surface area (TPSA) is 52.7 Å². The number of fused-ring (bicyclic) bond motifs is 1. The normalized spacial score (nSPS) is 11.3. The average Bonchev–Trinajstić information content (AvgIpc) is 2.73. The number of imidazole rings is 1. The molecule has 3 aromatic rings. The smallest absolute Gasteiger partial charge is 0.271 e. The van der Waals surface area contributed by atoms with Gasteiger partial charge in [-0.3, -0.25) is 4.57 Å². The number of hydrogen-bond acceptors (Lipinski definition) is 4. The minimum absolute atomic E-state index is 0.232. The summed E-state index contributed by atoms with van der Waals surface area (Å²) in [5.41, 5.74) is 1.48. The summed E-state index contributed by atoms with van der Waals surface area (Å²) >= 11 is 16.5. The van der Waals surface area contributed by atoms with Crippen LogP contribution in [-0.4, -0.2) is 18.5 Å². The Kier molecular flexibility index (Phi) is 4.66. The Hall–Kier alpha value is -1.50. The SMILES string of the molecule is CCCc1nc(Cl)c2c(n1)n(Cc1cccc(Cl)c1)c(=O)n2S. The highest BCUT2D eigenvalue weighted by atomic mass is 35.5. The quantitative estimate of drug-likeness (QED) is 0.565. The predicted molar refractivity (Wildman–Crippen MR) is 95.7 cm³/mol. The summed E-state index contributed by atoms with van der Waals surface area (Å²) in [4.78, 5) is 21.2. The van der Waals surface area contributed by atoms with Crippen molar-refractivity contribution in [3.63, 3.8) is 0 Å². The van der Waals surface area contributed by atoms with E-state index in [0.29, 0.717) is 35.0 Å². The first-order valence-corrected chi connectivity index (χ1v) is 8.28. The average molecular weight is 369 g/mol. The van der Waals surface area contributed by atoms with Crippen molar-refractivity contribution in [2.45, 2.75) is 26.3 Å². The first-order chi connectivity index (χ1) is 11.0. The minimum Gasteiger partial charge on any atom is -0.271 e. The number of hydrogen-bond donors (Lipinski definition) is 1. The summed E-state index contributed by atoms with van der Waals surface area (Å²) in [6, 6.07) is 7.34. The van der Waals surface area contributed by atoms with Gasteiger partial charge in [0.05, 0.1) is 6.54 Å². The summed E-state index contributed by atoms with van der Waals surface area (Å²) in [6.45, 7) is 2.37. The van der Waals surface area contributed by atoms with Crippen LogP contribution in [0.3, 0.4) is 0 Å². The van der Waals surface area contributed by atoms with Gasteiger partial charge in [0.25, 0.3) is 0 Å². The van der Waals surface area contributed by atoms with Crippen LogP contribution in [0.1, 0.15) is 24.7 Å². The van der Waals surface area contributed by atoms with Gasteiger partial charge in [-0.25, -0.2) is 18.7 Å². The molecule has 0 amide bonds. The van der Waals surface area contributed by atoms with Crippen molar-refractivity contribution in [3.8, 4) is 0 Å². The first-order valence-electron chi connectivity index (χ1n) is 7.12. The fourth-order valence-electron chi connectivity index (χ4n) is 2.43. The van der Waals surface area contributed by atoms with E-state index < -0.39 is 0 Å². The maximum absolute atomic E-state index is 12.5. The molecule has 0 atom stereocenters. The van der Waals surface area contributed by atoms with E-state index >= 15 is 0 Å². The second kappa shape index (κ2) is 6.55. The zero-order valence-electron chi connectivity index (χ0n) is 12.3. The number of thiol groups is 1. The van der Waals surface area contributed by atoms with Gasteiger partial charge in [-0.1, -0.05) is 55.1 Å². The van der Waals surface area contributed by atoms with Crippen LogP contribution in [0.5, 0.6) is 0 Å². The minimum atomic E-state index is -0.312. The Morgan fingerprint density at radius 2 is 2.04 bits per heavy atom. The van der Waals surface area contributed by atoms with Crippen molar-refractivity contribution < 1.29 is 0 Å². The molecule has 0 saturated heterocycles. The molecule has 3 rings (SSSR count). The van der Waals surface area contributed by atoms with Crippen LogP contribution in [0, 0.1) is 0 Å². The Bertz CT molecular complexity index is 935. The summed E-state index contributed by atoms with van der Waals surface area (Å²) in [5.74, 6) is 0.615. The lowest BCUT2D eigenvalue weighted by atomic mass is 10.2. The van der Waals surface area contributed by atoms with Crippen molar-refractivity contribution in [1.29, 1.82) is 0 Å². The molecule has 5 nitrogen and oxygen atoms in total. The van der Waals surface area contributed by atoms with Gasteiger partial charge in [0.15, 0.2) is 10.8 Å². The summed E-state index contributed by atoms with van der Waals surface area (Å²) in [7, 11) is 0. The molecule has 0 aliphatic carbocycles. The Morgan fingerprint density at radius 1 is 1.26 bits per heavy atom. The number of benzene rings is 1. The third-order valence-electron chi connectivity index (χ3n) is 3.45. The molecular weight excluding hydrogens is 355 g/mol. The maximum Gasteiger partial charge on any atom is 0.340 e. The van der Waals surface area contributed by atoms with Crippen LogP contribution in [0.15, 0.2) is 29.1 Å². The van der Waals surface area contributed by atoms with Crippen LogP contribution in [0.25, 0.3) is 11.2 Å². The van der Waals surface area contributed by atoms with E-state index in [0.717, 1.165) is 12.0 Å². The maximum atomic E-state index is 12.5. The van der Waals surface area contributed by atoms with E-state index in [1.807, 2.05) is 25.1 Å². The highest BCUT2D eigenvalue weighted by Gasteiger charge is 2.18. The highest BCUT2D eigenvalue weighted by Crippen LogP contribution is 2.22. The zero-order chi connectivity index (χ0) is 16.6. The molecular formula is C15H14Cl2N4OS. The Morgan fingerprint density at radius 3 is 2.74 bits per heavy atom. The predicted octanol–water partition coefficient (Wildman–Crippen LogP) is 3.59. The first kappa shape index (κ1) is 16.4. The van der Waals surface area contributed by atoms with Gasteiger partial charge < -0.3 is 0 Å². The largest absolute Gasteiger partial charge is 0.340 e. The number of aromatic nitrogens is 4. The van der Waals surface area contributed by atoms with Crippen LogP contribution in [0.4, 0.5) is 0 Å². The number of halogens is 2. The summed E-state index contributed by atoms with van der Waals surface area (Å²) in [6.07, 6.45) is 1.58. The lowest BCUT2D eigenvalue weighted by Crippen LogP contribution is -2.21. The van der Waals surface area contributed by atoms with Crippen LogP contribution < -0.4 is 5.69 Å². The van der Waals surface area contributed by atoms with Crippen molar-refractivity contribution >= 4 is 47.2 Å². The van der Waals surface area contributed by atoms with Crippen LogP contribution in [-0.2, 0) is 13.0 Å². The molecule has 0 aliphatic heterocycles. The van der Waals surface area contributed by atoms with Gasteiger partial charge in [-0.05, 0) is 24.1 Å². The van der Waals surface area contributed by atoms with E-state index in [1.54, 1.807) is 6.07 Å². The van der Waals surface area contributed by atoms with Crippen molar-refractivity contribution in [1.82, 2.24) is 18.5 Å². The molecule has 1 aromatic carbocycles. The van der Waals surface area contributed by atoms with Crippen LogP contribution >= 0.6 is 36.0 Å². The Labute approximate surface area is 148 Å². The van der Waals surface area contributed by atoms with E-state index in [9.17, 15) is 4.79 Å². The van der Waals surface area contributed by atoms with E-state index in [1.165, 1.54) is 8.54 Å².